The standard InChI is InChI=1S/C14H28O4/c1-5-8-10-16-13(7-3)14(18-12-15-4)17-11-9-6-2/h5-12H2,1-4H3. The summed E-state index contributed by atoms with van der Waals surface area (Å²) < 4.78 is 21.7. The van der Waals surface area contributed by atoms with Crippen LogP contribution in [0.3, 0.4) is 0 Å². The predicted molar refractivity (Wildman–Crippen MR) is 72.0 cm³/mol. The highest BCUT2D eigenvalue weighted by molar-refractivity contribution is 4.94. The molecule has 0 aromatic carbocycles. The second-order valence-corrected chi connectivity index (χ2v) is 4.02. The van der Waals surface area contributed by atoms with E-state index in [1.807, 2.05) is 6.92 Å². The molecule has 4 heteroatoms. The first-order valence-electron chi connectivity index (χ1n) is 6.90. The quantitative estimate of drug-likeness (QED) is 0.304. The van der Waals surface area contributed by atoms with Crippen LogP contribution in [0.25, 0.3) is 0 Å². The lowest BCUT2D eigenvalue weighted by Crippen LogP contribution is -2.08. The van der Waals surface area contributed by atoms with Crippen molar-refractivity contribution in [2.24, 2.45) is 0 Å². The van der Waals surface area contributed by atoms with Crippen LogP contribution in [0.2, 0.25) is 0 Å². The number of hydrogen-bond acceptors (Lipinski definition) is 4. The Bertz CT molecular complexity index is 214. The summed E-state index contributed by atoms with van der Waals surface area (Å²) in [5.41, 5.74) is 0. The third kappa shape index (κ3) is 8.23. The summed E-state index contributed by atoms with van der Waals surface area (Å²) in [6.07, 6.45) is 5.01. The highest BCUT2D eigenvalue weighted by atomic mass is 16.7. The molecule has 0 saturated heterocycles. The third-order valence-corrected chi connectivity index (χ3v) is 2.36. The second-order valence-electron chi connectivity index (χ2n) is 4.02. The van der Waals surface area contributed by atoms with Crippen LogP contribution < -0.4 is 0 Å². The maximum atomic E-state index is 5.70. The van der Waals surface area contributed by atoms with Crippen LogP contribution in [0.15, 0.2) is 11.7 Å². The molecule has 4 nitrogen and oxygen atoms in total. The fourth-order valence-corrected chi connectivity index (χ4v) is 1.27. The van der Waals surface area contributed by atoms with E-state index in [1.54, 1.807) is 7.11 Å². The van der Waals surface area contributed by atoms with Gasteiger partial charge in [-0.2, -0.15) is 0 Å². The predicted octanol–water partition coefficient (Wildman–Crippen LogP) is 3.82. The van der Waals surface area contributed by atoms with Crippen LogP contribution >= 0.6 is 0 Å². The summed E-state index contributed by atoms with van der Waals surface area (Å²) >= 11 is 0. The number of hydrogen-bond donors (Lipinski definition) is 0. The van der Waals surface area contributed by atoms with Gasteiger partial charge in [-0.15, -0.1) is 0 Å². The van der Waals surface area contributed by atoms with E-state index in [4.69, 9.17) is 18.9 Å². The molecule has 0 N–H and O–H groups in total. The van der Waals surface area contributed by atoms with Gasteiger partial charge in [0, 0.05) is 13.5 Å². The van der Waals surface area contributed by atoms with Gasteiger partial charge >= 0.3 is 5.95 Å². The molecule has 0 unspecified atom stereocenters. The fraction of sp³-hybridized carbons (Fsp3) is 0.857. The molecule has 0 rings (SSSR count). The zero-order valence-electron chi connectivity index (χ0n) is 12.3. The van der Waals surface area contributed by atoms with E-state index >= 15 is 0 Å². The normalized spacial score (nSPS) is 12.0. The van der Waals surface area contributed by atoms with Gasteiger partial charge in [-0.1, -0.05) is 33.6 Å². The number of allylic oxidation sites excluding steroid dienone is 1. The molecular weight excluding hydrogens is 232 g/mol. The second kappa shape index (κ2) is 12.6. The highest BCUT2D eigenvalue weighted by Crippen LogP contribution is 2.15. The average Bonchev–Trinajstić information content (AvgIpc) is 2.39. The van der Waals surface area contributed by atoms with Crippen LogP contribution in [0, 0.1) is 0 Å². The first kappa shape index (κ1) is 17.1. The van der Waals surface area contributed by atoms with Crippen molar-refractivity contribution < 1.29 is 18.9 Å². The van der Waals surface area contributed by atoms with Crippen molar-refractivity contribution in [3.8, 4) is 0 Å². The van der Waals surface area contributed by atoms with Gasteiger partial charge in [-0.05, 0) is 12.8 Å². The third-order valence-electron chi connectivity index (χ3n) is 2.36. The van der Waals surface area contributed by atoms with E-state index in [2.05, 4.69) is 13.8 Å². The van der Waals surface area contributed by atoms with Gasteiger partial charge in [0.05, 0.1) is 13.2 Å². The molecule has 0 radical (unpaired) electrons. The number of ether oxygens (including phenoxy) is 4. The monoisotopic (exact) mass is 260 g/mol. The molecule has 0 saturated carbocycles. The van der Waals surface area contributed by atoms with Crippen LogP contribution in [-0.2, 0) is 18.9 Å². The van der Waals surface area contributed by atoms with Gasteiger partial charge in [0.15, 0.2) is 12.6 Å². The molecular formula is C14H28O4. The largest absolute Gasteiger partial charge is 0.491 e. The molecule has 0 amide bonds. The summed E-state index contributed by atoms with van der Waals surface area (Å²) in [6, 6.07) is 0. The van der Waals surface area contributed by atoms with Crippen molar-refractivity contribution >= 4 is 0 Å². The summed E-state index contributed by atoms with van der Waals surface area (Å²) in [5.74, 6) is 1.25. The minimum absolute atomic E-state index is 0.183. The van der Waals surface area contributed by atoms with Crippen molar-refractivity contribution in [3.63, 3.8) is 0 Å². The molecule has 0 atom stereocenters. The van der Waals surface area contributed by atoms with Crippen molar-refractivity contribution in [1.29, 1.82) is 0 Å². The van der Waals surface area contributed by atoms with Gasteiger partial charge in [-0.25, -0.2) is 0 Å². The Morgan fingerprint density at radius 1 is 0.833 bits per heavy atom. The molecule has 0 bridgehead atoms. The minimum atomic E-state index is 0.183. The molecule has 0 aliphatic heterocycles. The van der Waals surface area contributed by atoms with E-state index in [0.717, 1.165) is 37.9 Å². The summed E-state index contributed by atoms with van der Waals surface area (Å²) in [5, 5.41) is 0. The fourth-order valence-electron chi connectivity index (χ4n) is 1.27. The van der Waals surface area contributed by atoms with Crippen molar-refractivity contribution in [1.82, 2.24) is 0 Å². The van der Waals surface area contributed by atoms with Gasteiger partial charge in [0.25, 0.3) is 0 Å². The Balaban J connectivity index is 4.38. The number of unbranched alkanes of at least 4 members (excludes halogenated alkanes) is 2. The SMILES string of the molecule is CCCCOC(CC)=C(OCCCC)OCOC. The summed E-state index contributed by atoms with van der Waals surface area (Å²) in [6.45, 7) is 7.83. The molecule has 0 fully saturated rings. The van der Waals surface area contributed by atoms with Crippen molar-refractivity contribution in [3.05, 3.63) is 11.7 Å². The molecule has 0 aromatic heterocycles. The maximum Gasteiger partial charge on any atom is 0.321 e. The van der Waals surface area contributed by atoms with Crippen LogP contribution in [0.4, 0.5) is 0 Å². The van der Waals surface area contributed by atoms with Gasteiger partial charge in [-0.3, -0.25) is 0 Å². The van der Waals surface area contributed by atoms with E-state index in [9.17, 15) is 0 Å². The van der Waals surface area contributed by atoms with Gasteiger partial charge in [0.2, 0.25) is 0 Å². The van der Waals surface area contributed by atoms with Gasteiger partial charge < -0.3 is 18.9 Å². The molecule has 0 heterocycles. The summed E-state index contributed by atoms with van der Waals surface area (Å²) in [7, 11) is 1.59. The highest BCUT2D eigenvalue weighted by Gasteiger charge is 2.10. The van der Waals surface area contributed by atoms with Crippen LogP contribution in [0.1, 0.15) is 52.9 Å². The van der Waals surface area contributed by atoms with E-state index < -0.39 is 0 Å². The Labute approximate surface area is 111 Å². The first-order valence-corrected chi connectivity index (χ1v) is 6.90. The van der Waals surface area contributed by atoms with E-state index in [-0.39, 0.29) is 6.79 Å². The Morgan fingerprint density at radius 3 is 1.94 bits per heavy atom. The maximum absolute atomic E-state index is 5.70. The van der Waals surface area contributed by atoms with Crippen LogP contribution in [-0.4, -0.2) is 27.1 Å². The topological polar surface area (TPSA) is 36.9 Å². The van der Waals surface area contributed by atoms with E-state index in [0.29, 0.717) is 19.2 Å². The Morgan fingerprint density at radius 2 is 1.44 bits per heavy atom. The number of rotatable bonds is 12. The smallest absolute Gasteiger partial charge is 0.321 e. The molecule has 0 aliphatic rings. The lowest BCUT2D eigenvalue weighted by Gasteiger charge is -2.16. The van der Waals surface area contributed by atoms with Crippen molar-refractivity contribution in [2.75, 3.05) is 27.1 Å². The minimum Gasteiger partial charge on any atom is -0.491 e. The summed E-state index contributed by atoms with van der Waals surface area (Å²) in [4.78, 5) is 0. The molecule has 0 spiro atoms. The Hall–Kier alpha value is -0.900. The molecule has 0 aromatic rings. The average molecular weight is 260 g/mol. The lowest BCUT2D eigenvalue weighted by molar-refractivity contribution is -0.0688. The van der Waals surface area contributed by atoms with Gasteiger partial charge in [0.1, 0.15) is 0 Å². The zero-order chi connectivity index (χ0) is 13.6. The Kier molecular flexibility index (Phi) is 11.9. The zero-order valence-corrected chi connectivity index (χ0v) is 12.3. The molecule has 18 heavy (non-hydrogen) atoms. The number of methoxy groups -OCH3 is 1. The first-order chi connectivity index (χ1) is 8.79. The van der Waals surface area contributed by atoms with Crippen LogP contribution in [0.5, 0.6) is 0 Å². The molecule has 108 valence electrons. The molecule has 0 aliphatic carbocycles. The lowest BCUT2D eigenvalue weighted by atomic mass is 10.3. The van der Waals surface area contributed by atoms with E-state index in [1.165, 1.54) is 0 Å². The van der Waals surface area contributed by atoms with Crippen molar-refractivity contribution in [2.45, 2.75) is 52.9 Å².